The lowest BCUT2D eigenvalue weighted by atomic mass is 9.89. The molecule has 1 aliphatic rings. The van der Waals surface area contributed by atoms with Crippen LogP contribution in [0.4, 0.5) is 4.39 Å². The Kier molecular flexibility index (Phi) is 3.51. The Hall–Kier alpha value is -1.30. The first-order valence-corrected chi connectivity index (χ1v) is 6.28. The highest BCUT2D eigenvalue weighted by molar-refractivity contribution is 9.08. The van der Waals surface area contributed by atoms with Crippen LogP contribution in [0.2, 0.25) is 0 Å². The number of pyridine rings is 1. The van der Waals surface area contributed by atoms with E-state index in [1.165, 1.54) is 12.3 Å². The summed E-state index contributed by atoms with van der Waals surface area (Å²) in [7, 11) is 0. The number of amides is 2. The minimum atomic E-state index is -0.574. The van der Waals surface area contributed by atoms with Gasteiger partial charge in [0, 0.05) is 17.9 Å². The average Bonchev–Trinajstić information content (AvgIpc) is 2.30. The maximum atomic E-state index is 13.0. The Morgan fingerprint density at radius 2 is 2.29 bits per heavy atom. The van der Waals surface area contributed by atoms with E-state index in [4.69, 9.17) is 0 Å². The number of alkyl halides is 1. The number of nitrogens with zero attached hydrogens (tertiary/aromatic N) is 1. The summed E-state index contributed by atoms with van der Waals surface area (Å²) in [5.41, 5.74) is 1.36. The van der Waals surface area contributed by atoms with E-state index in [9.17, 15) is 14.0 Å². The molecular formula is C11H10BrFN2O2. The molecule has 17 heavy (non-hydrogen) atoms. The monoisotopic (exact) mass is 300 g/mol. The first-order chi connectivity index (χ1) is 8.11. The van der Waals surface area contributed by atoms with Gasteiger partial charge in [0.2, 0.25) is 17.8 Å². The van der Waals surface area contributed by atoms with Crippen molar-refractivity contribution in [1.29, 1.82) is 0 Å². The zero-order chi connectivity index (χ0) is 12.4. The molecule has 1 N–H and O–H groups in total. The lowest BCUT2D eigenvalue weighted by Gasteiger charge is -2.22. The Morgan fingerprint density at radius 3 is 2.94 bits per heavy atom. The number of hydrogen-bond acceptors (Lipinski definition) is 3. The third-order valence-electron chi connectivity index (χ3n) is 2.75. The zero-order valence-electron chi connectivity index (χ0n) is 8.87. The van der Waals surface area contributed by atoms with Crippen molar-refractivity contribution in [3.05, 3.63) is 29.3 Å². The molecule has 0 radical (unpaired) electrons. The fourth-order valence-corrected chi connectivity index (χ4v) is 2.38. The number of carbonyl (C=O) groups is 2. The van der Waals surface area contributed by atoms with E-state index in [-0.39, 0.29) is 11.8 Å². The van der Waals surface area contributed by atoms with Crippen molar-refractivity contribution in [2.45, 2.75) is 24.1 Å². The van der Waals surface area contributed by atoms with Gasteiger partial charge in [0.15, 0.2) is 0 Å². The maximum absolute atomic E-state index is 13.0. The van der Waals surface area contributed by atoms with Gasteiger partial charge in [-0.2, -0.15) is 4.39 Å². The van der Waals surface area contributed by atoms with Crippen LogP contribution in [0.15, 0.2) is 12.3 Å². The SMILES string of the molecule is O=C1CCC(c2cnc(F)cc2CBr)C(=O)N1. The van der Waals surface area contributed by atoms with E-state index < -0.39 is 11.9 Å². The molecule has 2 heterocycles. The van der Waals surface area contributed by atoms with Crippen LogP contribution in [0.5, 0.6) is 0 Å². The molecule has 0 spiro atoms. The minimum absolute atomic E-state index is 0.262. The van der Waals surface area contributed by atoms with Crippen LogP contribution in [-0.4, -0.2) is 16.8 Å². The van der Waals surface area contributed by atoms with Crippen LogP contribution in [-0.2, 0) is 14.9 Å². The standard InChI is InChI=1S/C11H10BrFN2O2/c12-4-6-3-9(13)14-5-8(6)7-1-2-10(16)15-11(7)17/h3,5,7H,1-2,4H2,(H,15,16,17). The van der Waals surface area contributed by atoms with Gasteiger partial charge in [0.25, 0.3) is 0 Å². The Morgan fingerprint density at radius 1 is 1.53 bits per heavy atom. The van der Waals surface area contributed by atoms with Gasteiger partial charge in [-0.05, 0) is 23.6 Å². The van der Waals surface area contributed by atoms with Crippen LogP contribution in [0.1, 0.15) is 29.9 Å². The number of imide groups is 1. The quantitative estimate of drug-likeness (QED) is 0.513. The van der Waals surface area contributed by atoms with E-state index in [1.807, 2.05) is 0 Å². The van der Waals surface area contributed by atoms with Crippen molar-refractivity contribution < 1.29 is 14.0 Å². The van der Waals surface area contributed by atoms with Crippen LogP contribution < -0.4 is 5.32 Å². The molecule has 1 unspecified atom stereocenters. The van der Waals surface area contributed by atoms with Crippen LogP contribution >= 0.6 is 15.9 Å². The minimum Gasteiger partial charge on any atom is -0.296 e. The summed E-state index contributed by atoms with van der Waals surface area (Å²) in [5.74, 6) is -1.59. The Bertz CT molecular complexity index is 479. The van der Waals surface area contributed by atoms with Crippen molar-refractivity contribution in [3.8, 4) is 0 Å². The molecule has 1 aromatic heterocycles. The molecule has 90 valence electrons. The lowest BCUT2D eigenvalue weighted by molar-refractivity contribution is -0.134. The number of hydrogen-bond donors (Lipinski definition) is 1. The van der Waals surface area contributed by atoms with Gasteiger partial charge in [0.05, 0.1) is 5.92 Å². The van der Waals surface area contributed by atoms with Gasteiger partial charge in [-0.3, -0.25) is 14.9 Å². The molecule has 4 nitrogen and oxygen atoms in total. The highest BCUT2D eigenvalue weighted by Gasteiger charge is 2.29. The Balaban J connectivity index is 2.33. The first kappa shape index (κ1) is 12.2. The molecule has 0 aliphatic carbocycles. The summed E-state index contributed by atoms with van der Waals surface area (Å²) in [6.45, 7) is 0. The third-order valence-corrected chi connectivity index (χ3v) is 3.35. The fourth-order valence-electron chi connectivity index (χ4n) is 1.90. The lowest BCUT2D eigenvalue weighted by Crippen LogP contribution is -2.39. The number of rotatable bonds is 2. The summed E-state index contributed by atoms with van der Waals surface area (Å²) in [5, 5.41) is 2.72. The summed E-state index contributed by atoms with van der Waals surface area (Å²) in [6.07, 6.45) is 2.11. The van der Waals surface area contributed by atoms with Gasteiger partial charge in [0.1, 0.15) is 0 Å². The second-order valence-corrected chi connectivity index (χ2v) is 4.40. The average molecular weight is 301 g/mol. The van der Waals surface area contributed by atoms with E-state index in [2.05, 4.69) is 26.2 Å². The second-order valence-electron chi connectivity index (χ2n) is 3.84. The largest absolute Gasteiger partial charge is 0.296 e. The molecule has 1 fully saturated rings. The molecule has 0 saturated carbocycles. The number of aromatic nitrogens is 1. The van der Waals surface area contributed by atoms with Crippen molar-refractivity contribution in [1.82, 2.24) is 10.3 Å². The van der Waals surface area contributed by atoms with Crippen molar-refractivity contribution in [2.24, 2.45) is 0 Å². The first-order valence-electron chi connectivity index (χ1n) is 5.16. The van der Waals surface area contributed by atoms with E-state index in [1.54, 1.807) is 0 Å². The van der Waals surface area contributed by atoms with E-state index in [0.717, 1.165) is 0 Å². The Labute approximate surface area is 106 Å². The molecule has 0 bridgehead atoms. The number of carbonyl (C=O) groups excluding carboxylic acids is 2. The molecular weight excluding hydrogens is 291 g/mol. The van der Waals surface area contributed by atoms with Crippen molar-refractivity contribution in [2.75, 3.05) is 0 Å². The molecule has 1 atom stereocenters. The number of nitrogens with one attached hydrogen (secondary N) is 1. The smallest absolute Gasteiger partial charge is 0.234 e. The molecule has 1 saturated heterocycles. The predicted molar refractivity (Wildman–Crippen MR) is 62.0 cm³/mol. The molecule has 1 aliphatic heterocycles. The summed E-state index contributed by atoms with van der Waals surface area (Å²) in [4.78, 5) is 26.3. The van der Waals surface area contributed by atoms with Gasteiger partial charge in [-0.15, -0.1) is 0 Å². The second kappa shape index (κ2) is 4.91. The summed E-state index contributed by atoms with van der Waals surface area (Å²) < 4.78 is 13.0. The van der Waals surface area contributed by atoms with Crippen LogP contribution in [0, 0.1) is 5.95 Å². The van der Waals surface area contributed by atoms with Gasteiger partial charge < -0.3 is 0 Å². The molecule has 2 amide bonds. The van der Waals surface area contributed by atoms with Crippen molar-refractivity contribution >= 4 is 27.7 Å². The third kappa shape index (κ3) is 2.52. The maximum Gasteiger partial charge on any atom is 0.234 e. The topological polar surface area (TPSA) is 59.1 Å². The van der Waals surface area contributed by atoms with Gasteiger partial charge in [-0.1, -0.05) is 15.9 Å². The predicted octanol–water partition coefficient (Wildman–Crippen LogP) is 1.64. The molecule has 1 aromatic rings. The summed E-state index contributed by atoms with van der Waals surface area (Å²) in [6, 6.07) is 1.30. The van der Waals surface area contributed by atoms with Crippen LogP contribution in [0.25, 0.3) is 0 Å². The van der Waals surface area contributed by atoms with Gasteiger partial charge >= 0.3 is 0 Å². The normalized spacial score (nSPS) is 20.2. The number of halogens is 2. The van der Waals surface area contributed by atoms with Crippen LogP contribution in [0.3, 0.4) is 0 Å². The molecule has 0 aromatic carbocycles. The number of piperidine rings is 1. The fraction of sp³-hybridized carbons (Fsp3) is 0.364. The highest BCUT2D eigenvalue weighted by atomic mass is 79.9. The summed E-state index contributed by atoms with van der Waals surface area (Å²) >= 11 is 3.25. The van der Waals surface area contributed by atoms with E-state index in [0.29, 0.717) is 29.3 Å². The van der Waals surface area contributed by atoms with Crippen molar-refractivity contribution in [3.63, 3.8) is 0 Å². The molecule has 2 rings (SSSR count). The van der Waals surface area contributed by atoms with Gasteiger partial charge in [-0.25, -0.2) is 4.98 Å². The highest BCUT2D eigenvalue weighted by Crippen LogP contribution is 2.28. The van der Waals surface area contributed by atoms with E-state index >= 15 is 0 Å². The zero-order valence-corrected chi connectivity index (χ0v) is 10.5. The molecule has 6 heteroatoms.